The molecule has 8 heteroatoms. The van der Waals surface area contributed by atoms with Gasteiger partial charge in [0, 0.05) is 6.04 Å². The highest BCUT2D eigenvalue weighted by Crippen LogP contribution is 2.37. The number of benzene rings is 2. The van der Waals surface area contributed by atoms with Crippen LogP contribution in [-0.4, -0.2) is 22.1 Å². The number of nitrogens with one attached hydrogen (secondary N) is 1. The molecule has 1 N–H and O–H groups in total. The van der Waals surface area contributed by atoms with E-state index in [-0.39, 0.29) is 14.9 Å². The molecule has 0 fully saturated rings. The molecule has 0 bridgehead atoms. The number of halogens is 2. The number of ether oxygens (including phenoxy) is 2. The molecule has 0 aliphatic heterocycles. The second kappa shape index (κ2) is 8.27. The summed E-state index contributed by atoms with van der Waals surface area (Å²) in [5, 5.41) is -0.0202. The number of hydrogen-bond donors (Lipinski definition) is 1. The van der Waals surface area contributed by atoms with Crippen molar-refractivity contribution in [2.45, 2.75) is 24.8 Å². The SMILES string of the molecule is CCOc1ccc(C(C)NS(=O)(=O)c2ccc(OC)c(Cl)c2Cl)cc1. The lowest BCUT2D eigenvalue weighted by molar-refractivity contribution is 0.340. The third kappa shape index (κ3) is 4.58. The fourth-order valence-corrected chi connectivity index (χ4v) is 4.34. The molecule has 0 aliphatic rings. The third-order valence-corrected chi connectivity index (χ3v) is 6.10. The zero-order valence-corrected chi connectivity index (χ0v) is 16.4. The van der Waals surface area contributed by atoms with Gasteiger partial charge >= 0.3 is 0 Å². The fourth-order valence-electron chi connectivity index (χ4n) is 2.26. The third-order valence-electron chi connectivity index (χ3n) is 3.54. The van der Waals surface area contributed by atoms with Crippen molar-refractivity contribution in [1.29, 1.82) is 0 Å². The van der Waals surface area contributed by atoms with Gasteiger partial charge in [0.2, 0.25) is 10.0 Å². The lowest BCUT2D eigenvalue weighted by Gasteiger charge is -2.17. The van der Waals surface area contributed by atoms with E-state index in [1.165, 1.54) is 19.2 Å². The Labute approximate surface area is 157 Å². The lowest BCUT2D eigenvalue weighted by atomic mass is 10.1. The number of rotatable bonds is 7. The van der Waals surface area contributed by atoms with E-state index in [0.717, 1.165) is 11.3 Å². The van der Waals surface area contributed by atoms with E-state index in [2.05, 4.69) is 4.72 Å². The molecular formula is C17H19Cl2NO4S. The van der Waals surface area contributed by atoms with E-state index in [4.69, 9.17) is 32.7 Å². The first-order chi connectivity index (χ1) is 11.8. The average Bonchev–Trinajstić information content (AvgIpc) is 2.57. The topological polar surface area (TPSA) is 64.6 Å². The first-order valence-electron chi connectivity index (χ1n) is 7.57. The largest absolute Gasteiger partial charge is 0.495 e. The summed E-state index contributed by atoms with van der Waals surface area (Å²) in [6, 6.07) is 9.56. The van der Waals surface area contributed by atoms with Gasteiger partial charge in [-0.3, -0.25) is 0 Å². The van der Waals surface area contributed by atoms with E-state index < -0.39 is 16.1 Å². The van der Waals surface area contributed by atoms with Gasteiger partial charge in [-0.15, -0.1) is 0 Å². The first-order valence-corrected chi connectivity index (χ1v) is 9.81. The molecule has 0 saturated carbocycles. The van der Waals surface area contributed by atoms with Gasteiger partial charge in [0.1, 0.15) is 21.4 Å². The van der Waals surface area contributed by atoms with Crippen LogP contribution in [0, 0.1) is 0 Å². The molecule has 2 rings (SSSR count). The fraction of sp³-hybridized carbons (Fsp3) is 0.294. The predicted octanol–water partition coefficient (Wildman–Crippen LogP) is 4.44. The van der Waals surface area contributed by atoms with Crippen LogP contribution in [0.5, 0.6) is 11.5 Å². The summed E-state index contributed by atoms with van der Waals surface area (Å²) in [6.07, 6.45) is 0. The van der Waals surface area contributed by atoms with E-state index in [1.807, 2.05) is 6.92 Å². The Balaban J connectivity index is 2.24. The summed E-state index contributed by atoms with van der Waals surface area (Å²) >= 11 is 12.1. The first kappa shape index (κ1) is 19.8. The van der Waals surface area contributed by atoms with Gasteiger partial charge in [-0.05, 0) is 43.7 Å². The minimum atomic E-state index is -3.86. The van der Waals surface area contributed by atoms with Gasteiger partial charge in [-0.25, -0.2) is 13.1 Å². The minimum absolute atomic E-state index is 0.0563. The molecule has 0 saturated heterocycles. The summed E-state index contributed by atoms with van der Waals surface area (Å²) in [6.45, 7) is 4.21. The average molecular weight is 404 g/mol. The maximum Gasteiger partial charge on any atom is 0.242 e. The van der Waals surface area contributed by atoms with E-state index >= 15 is 0 Å². The number of sulfonamides is 1. The molecule has 0 radical (unpaired) electrons. The molecule has 0 amide bonds. The van der Waals surface area contributed by atoms with Crippen LogP contribution < -0.4 is 14.2 Å². The van der Waals surface area contributed by atoms with Crippen LogP contribution in [-0.2, 0) is 10.0 Å². The van der Waals surface area contributed by atoms with Gasteiger partial charge in [-0.1, -0.05) is 35.3 Å². The summed E-state index contributed by atoms with van der Waals surface area (Å²) in [7, 11) is -2.43. The van der Waals surface area contributed by atoms with Gasteiger partial charge in [0.25, 0.3) is 0 Å². The van der Waals surface area contributed by atoms with Crippen molar-refractivity contribution in [3.05, 3.63) is 52.0 Å². The van der Waals surface area contributed by atoms with Crippen molar-refractivity contribution in [3.8, 4) is 11.5 Å². The Morgan fingerprint density at radius 3 is 2.28 bits per heavy atom. The monoisotopic (exact) mass is 403 g/mol. The molecule has 1 atom stereocenters. The lowest BCUT2D eigenvalue weighted by Crippen LogP contribution is -2.27. The van der Waals surface area contributed by atoms with Crippen LogP contribution in [0.1, 0.15) is 25.5 Å². The highest BCUT2D eigenvalue weighted by molar-refractivity contribution is 7.89. The number of hydrogen-bond acceptors (Lipinski definition) is 4. The minimum Gasteiger partial charge on any atom is -0.495 e. The molecule has 0 aromatic heterocycles. The Morgan fingerprint density at radius 1 is 1.08 bits per heavy atom. The van der Waals surface area contributed by atoms with Gasteiger partial charge in [0.15, 0.2) is 0 Å². The predicted molar refractivity (Wildman–Crippen MR) is 99.4 cm³/mol. The van der Waals surface area contributed by atoms with Crippen molar-refractivity contribution < 1.29 is 17.9 Å². The molecule has 2 aromatic rings. The zero-order valence-electron chi connectivity index (χ0n) is 14.0. The van der Waals surface area contributed by atoms with Crippen LogP contribution in [0.4, 0.5) is 0 Å². The molecule has 0 spiro atoms. The van der Waals surface area contributed by atoms with Gasteiger partial charge in [0.05, 0.1) is 18.7 Å². The summed E-state index contributed by atoms with van der Waals surface area (Å²) in [5.41, 5.74) is 0.794. The van der Waals surface area contributed by atoms with E-state index in [9.17, 15) is 8.42 Å². The van der Waals surface area contributed by atoms with E-state index in [0.29, 0.717) is 12.4 Å². The summed E-state index contributed by atoms with van der Waals surface area (Å²) in [5.74, 6) is 1.04. The second-order valence-electron chi connectivity index (χ2n) is 5.24. The van der Waals surface area contributed by atoms with Crippen LogP contribution in [0.2, 0.25) is 10.0 Å². The molecule has 5 nitrogen and oxygen atoms in total. The summed E-state index contributed by atoms with van der Waals surface area (Å²) in [4.78, 5) is -0.0993. The molecule has 1 unspecified atom stereocenters. The molecule has 0 heterocycles. The van der Waals surface area contributed by atoms with Crippen molar-refractivity contribution in [2.24, 2.45) is 0 Å². The van der Waals surface area contributed by atoms with Crippen LogP contribution >= 0.6 is 23.2 Å². The Bertz CT molecular complexity index is 838. The van der Waals surface area contributed by atoms with Crippen molar-refractivity contribution in [2.75, 3.05) is 13.7 Å². The van der Waals surface area contributed by atoms with E-state index in [1.54, 1.807) is 31.2 Å². The van der Waals surface area contributed by atoms with Crippen LogP contribution in [0.3, 0.4) is 0 Å². The Kier molecular flexibility index (Phi) is 6.57. The van der Waals surface area contributed by atoms with Crippen molar-refractivity contribution >= 4 is 33.2 Å². The van der Waals surface area contributed by atoms with Gasteiger partial charge < -0.3 is 9.47 Å². The van der Waals surface area contributed by atoms with Crippen molar-refractivity contribution in [3.63, 3.8) is 0 Å². The zero-order chi connectivity index (χ0) is 18.6. The maximum absolute atomic E-state index is 12.6. The highest BCUT2D eigenvalue weighted by atomic mass is 35.5. The van der Waals surface area contributed by atoms with Crippen molar-refractivity contribution in [1.82, 2.24) is 4.72 Å². The smallest absolute Gasteiger partial charge is 0.242 e. The summed E-state index contributed by atoms with van der Waals surface area (Å²) < 4.78 is 38.3. The molecule has 2 aromatic carbocycles. The van der Waals surface area contributed by atoms with Crippen LogP contribution in [0.25, 0.3) is 0 Å². The highest BCUT2D eigenvalue weighted by Gasteiger charge is 2.24. The normalized spacial score (nSPS) is 12.7. The van der Waals surface area contributed by atoms with Crippen LogP contribution in [0.15, 0.2) is 41.3 Å². The number of methoxy groups -OCH3 is 1. The molecular weight excluding hydrogens is 385 g/mol. The Hall–Kier alpha value is -1.47. The molecule has 25 heavy (non-hydrogen) atoms. The molecule has 136 valence electrons. The maximum atomic E-state index is 12.6. The second-order valence-corrected chi connectivity index (χ2v) is 7.68. The Morgan fingerprint density at radius 2 is 1.72 bits per heavy atom. The van der Waals surface area contributed by atoms with Gasteiger partial charge in [-0.2, -0.15) is 0 Å². The molecule has 0 aliphatic carbocycles. The quantitative estimate of drug-likeness (QED) is 0.741. The standard InChI is InChI=1S/C17H19Cl2NO4S/c1-4-24-13-7-5-12(6-8-13)11(2)20-25(21,22)15-10-9-14(23-3)16(18)17(15)19/h5-11,20H,4H2,1-3H3.